The van der Waals surface area contributed by atoms with Gasteiger partial charge in [0, 0.05) is 6.42 Å². The second-order valence-electron chi connectivity index (χ2n) is 5.36. The summed E-state index contributed by atoms with van der Waals surface area (Å²) in [5.41, 5.74) is -0.498. The van der Waals surface area contributed by atoms with E-state index in [0.717, 1.165) is 12.7 Å². The van der Waals surface area contributed by atoms with Crippen molar-refractivity contribution in [3.05, 3.63) is 0 Å². The number of carbonyl (C=O) groups excluding carboxylic acids is 1. The van der Waals surface area contributed by atoms with E-state index in [-0.39, 0.29) is 5.41 Å². The molecule has 2 nitrogen and oxygen atoms in total. The Hall–Kier alpha value is -0.370. The summed E-state index contributed by atoms with van der Waals surface area (Å²) in [6.07, 6.45) is 2.61. The van der Waals surface area contributed by atoms with Crippen molar-refractivity contribution in [3.63, 3.8) is 0 Å². The molecule has 76 valence electrons. The first-order valence-corrected chi connectivity index (χ1v) is 4.96. The van der Waals surface area contributed by atoms with Gasteiger partial charge in [0.2, 0.25) is 0 Å². The predicted molar refractivity (Wildman–Crippen MR) is 52.4 cm³/mol. The normalized spacial score (nSPS) is 32.4. The third kappa shape index (κ3) is 1.78. The van der Waals surface area contributed by atoms with E-state index in [1.165, 1.54) is 0 Å². The van der Waals surface area contributed by atoms with Crippen LogP contribution in [0.3, 0.4) is 0 Å². The maximum atomic E-state index is 10.4. The average Bonchev–Trinajstić information content (AvgIpc) is 1.94. The molecule has 0 radical (unpaired) electrons. The Kier molecular flexibility index (Phi) is 2.54. The van der Waals surface area contributed by atoms with Crippen molar-refractivity contribution >= 4 is 6.29 Å². The van der Waals surface area contributed by atoms with Crippen molar-refractivity contribution in [1.29, 1.82) is 0 Å². The van der Waals surface area contributed by atoms with Crippen LogP contribution < -0.4 is 0 Å². The summed E-state index contributed by atoms with van der Waals surface area (Å²) in [7, 11) is 0. The zero-order valence-corrected chi connectivity index (χ0v) is 9.00. The molecule has 1 N–H and O–H groups in total. The number of aldehydes is 1. The predicted octanol–water partition coefficient (Wildman–Crippen LogP) is 2.01. The Bertz CT molecular complexity index is 201. The molecule has 1 saturated carbocycles. The van der Waals surface area contributed by atoms with Gasteiger partial charge in [-0.05, 0) is 37.5 Å². The van der Waals surface area contributed by atoms with Crippen LogP contribution in [0.25, 0.3) is 0 Å². The van der Waals surface area contributed by atoms with Gasteiger partial charge in [0.15, 0.2) is 0 Å². The molecule has 13 heavy (non-hydrogen) atoms. The van der Waals surface area contributed by atoms with Crippen LogP contribution in [-0.4, -0.2) is 17.0 Å². The fraction of sp³-hybridized carbons (Fsp3) is 0.909. The Morgan fingerprint density at radius 2 is 2.08 bits per heavy atom. The SMILES string of the molecule is CC(C)(O)C1CC(CC=O)C1(C)C. The number of rotatable bonds is 3. The number of aliphatic hydroxyl groups is 1. The highest BCUT2D eigenvalue weighted by atomic mass is 16.3. The molecule has 0 aromatic heterocycles. The van der Waals surface area contributed by atoms with Gasteiger partial charge in [-0.25, -0.2) is 0 Å². The van der Waals surface area contributed by atoms with Crippen LogP contribution >= 0.6 is 0 Å². The molecule has 0 aromatic carbocycles. The van der Waals surface area contributed by atoms with Gasteiger partial charge in [0.05, 0.1) is 5.60 Å². The van der Waals surface area contributed by atoms with E-state index in [0.29, 0.717) is 18.3 Å². The van der Waals surface area contributed by atoms with Gasteiger partial charge in [0.1, 0.15) is 6.29 Å². The van der Waals surface area contributed by atoms with E-state index in [9.17, 15) is 9.90 Å². The Morgan fingerprint density at radius 1 is 1.54 bits per heavy atom. The van der Waals surface area contributed by atoms with Crippen molar-refractivity contribution in [1.82, 2.24) is 0 Å². The molecule has 2 unspecified atom stereocenters. The maximum absolute atomic E-state index is 10.4. The topological polar surface area (TPSA) is 37.3 Å². The zero-order valence-electron chi connectivity index (χ0n) is 9.00. The fourth-order valence-corrected chi connectivity index (χ4v) is 2.73. The van der Waals surface area contributed by atoms with E-state index in [1.54, 1.807) is 0 Å². The standard InChI is InChI=1S/C11H20O2/c1-10(2)8(5-6-12)7-9(10)11(3,4)13/h6,8-9,13H,5,7H2,1-4H3. The minimum atomic E-state index is -0.608. The highest BCUT2D eigenvalue weighted by Crippen LogP contribution is 2.56. The van der Waals surface area contributed by atoms with Gasteiger partial charge in [-0.3, -0.25) is 0 Å². The molecule has 0 heterocycles. The van der Waals surface area contributed by atoms with E-state index in [2.05, 4.69) is 13.8 Å². The molecule has 1 fully saturated rings. The van der Waals surface area contributed by atoms with Gasteiger partial charge in [-0.2, -0.15) is 0 Å². The van der Waals surface area contributed by atoms with Gasteiger partial charge >= 0.3 is 0 Å². The maximum Gasteiger partial charge on any atom is 0.120 e. The Balaban J connectivity index is 2.64. The van der Waals surface area contributed by atoms with Crippen LogP contribution in [0.2, 0.25) is 0 Å². The third-order valence-electron chi connectivity index (χ3n) is 3.70. The lowest BCUT2D eigenvalue weighted by molar-refractivity contribution is -0.144. The van der Waals surface area contributed by atoms with Gasteiger partial charge < -0.3 is 9.90 Å². The van der Waals surface area contributed by atoms with Crippen molar-refractivity contribution in [2.45, 2.75) is 46.1 Å². The molecule has 2 atom stereocenters. The molecule has 0 spiro atoms. The smallest absolute Gasteiger partial charge is 0.120 e. The first-order valence-electron chi connectivity index (χ1n) is 4.96. The molecule has 0 saturated heterocycles. The van der Waals surface area contributed by atoms with Crippen molar-refractivity contribution in [2.75, 3.05) is 0 Å². The van der Waals surface area contributed by atoms with E-state index in [1.807, 2.05) is 13.8 Å². The van der Waals surface area contributed by atoms with Gasteiger partial charge in [-0.15, -0.1) is 0 Å². The van der Waals surface area contributed by atoms with Crippen LogP contribution in [0.15, 0.2) is 0 Å². The van der Waals surface area contributed by atoms with Crippen molar-refractivity contribution in [2.24, 2.45) is 17.3 Å². The summed E-state index contributed by atoms with van der Waals surface area (Å²) in [5, 5.41) is 9.87. The van der Waals surface area contributed by atoms with E-state index >= 15 is 0 Å². The molecule has 0 aliphatic heterocycles. The van der Waals surface area contributed by atoms with Crippen LogP contribution in [0.4, 0.5) is 0 Å². The second kappa shape index (κ2) is 3.09. The highest BCUT2D eigenvalue weighted by Gasteiger charge is 2.53. The average molecular weight is 184 g/mol. The molecule has 1 aliphatic rings. The molecule has 1 rings (SSSR count). The molecule has 0 amide bonds. The van der Waals surface area contributed by atoms with Crippen LogP contribution in [-0.2, 0) is 4.79 Å². The number of hydrogen-bond donors (Lipinski definition) is 1. The van der Waals surface area contributed by atoms with Crippen molar-refractivity contribution < 1.29 is 9.90 Å². The summed E-state index contributed by atoms with van der Waals surface area (Å²) in [6.45, 7) is 8.01. The lowest BCUT2D eigenvalue weighted by Gasteiger charge is -2.56. The van der Waals surface area contributed by atoms with Crippen molar-refractivity contribution in [3.8, 4) is 0 Å². The molecule has 2 heteroatoms. The van der Waals surface area contributed by atoms with Gasteiger partial charge in [-0.1, -0.05) is 13.8 Å². The van der Waals surface area contributed by atoms with Gasteiger partial charge in [0.25, 0.3) is 0 Å². The summed E-state index contributed by atoms with van der Waals surface area (Å²) < 4.78 is 0. The largest absolute Gasteiger partial charge is 0.390 e. The minimum Gasteiger partial charge on any atom is -0.390 e. The molecule has 0 bridgehead atoms. The molecule has 0 aromatic rings. The third-order valence-corrected chi connectivity index (χ3v) is 3.70. The Morgan fingerprint density at radius 3 is 2.38 bits per heavy atom. The molecular formula is C11H20O2. The summed E-state index contributed by atoms with van der Waals surface area (Å²) in [4.78, 5) is 10.4. The fourth-order valence-electron chi connectivity index (χ4n) is 2.73. The van der Waals surface area contributed by atoms with E-state index < -0.39 is 5.60 Å². The zero-order chi connectivity index (χ0) is 10.3. The van der Waals surface area contributed by atoms with Crippen LogP contribution in [0.1, 0.15) is 40.5 Å². The summed E-state index contributed by atoms with van der Waals surface area (Å²) in [5.74, 6) is 0.784. The number of hydrogen-bond acceptors (Lipinski definition) is 2. The molecular weight excluding hydrogens is 164 g/mol. The highest BCUT2D eigenvalue weighted by molar-refractivity contribution is 5.50. The first kappa shape index (κ1) is 10.7. The second-order valence-corrected chi connectivity index (χ2v) is 5.36. The minimum absolute atomic E-state index is 0.110. The summed E-state index contributed by atoms with van der Waals surface area (Å²) in [6, 6.07) is 0. The lowest BCUT2D eigenvalue weighted by atomic mass is 9.50. The summed E-state index contributed by atoms with van der Waals surface area (Å²) >= 11 is 0. The van der Waals surface area contributed by atoms with Crippen LogP contribution in [0, 0.1) is 17.3 Å². The van der Waals surface area contributed by atoms with E-state index in [4.69, 9.17) is 0 Å². The number of carbonyl (C=O) groups is 1. The monoisotopic (exact) mass is 184 g/mol. The quantitative estimate of drug-likeness (QED) is 0.681. The Labute approximate surface area is 80.3 Å². The lowest BCUT2D eigenvalue weighted by Crippen LogP contribution is -2.54. The van der Waals surface area contributed by atoms with Crippen LogP contribution in [0.5, 0.6) is 0 Å². The first-order chi connectivity index (χ1) is 5.80. The molecule has 1 aliphatic carbocycles.